The largest absolute Gasteiger partial charge is 0.369 e. The summed E-state index contributed by atoms with van der Waals surface area (Å²) in [5, 5.41) is 0.150. The van der Waals surface area contributed by atoms with Crippen molar-refractivity contribution in [2.45, 2.75) is 57.8 Å². The Hall–Kier alpha value is -0.640. The summed E-state index contributed by atoms with van der Waals surface area (Å²) in [4.78, 5) is 0. The Morgan fingerprint density at radius 1 is 1.40 bits per heavy atom. The van der Waals surface area contributed by atoms with Crippen LogP contribution in [0.5, 0.6) is 0 Å². The lowest BCUT2D eigenvalue weighted by atomic mass is 9.80. The molecule has 1 aromatic carbocycles. The molecule has 0 amide bonds. The van der Waals surface area contributed by atoms with E-state index in [4.69, 9.17) is 22.1 Å². The van der Waals surface area contributed by atoms with Crippen LogP contribution in [-0.4, -0.2) is 17.2 Å². The first-order valence-electron chi connectivity index (χ1n) is 7.01. The topological polar surface area (TPSA) is 35.2 Å². The second-order valence-electron chi connectivity index (χ2n) is 6.86. The van der Waals surface area contributed by atoms with Crippen molar-refractivity contribution in [1.82, 2.24) is 0 Å². The van der Waals surface area contributed by atoms with Crippen molar-refractivity contribution < 1.29 is 9.13 Å². The highest BCUT2D eigenvalue weighted by atomic mass is 35.5. The van der Waals surface area contributed by atoms with E-state index in [0.717, 1.165) is 6.42 Å². The first-order chi connectivity index (χ1) is 9.12. The van der Waals surface area contributed by atoms with Gasteiger partial charge in [0.25, 0.3) is 0 Å². The number of benzene rings is 1. The van der Waals surface area contributed by atoms with Crippen LogP contribution in [0.15, 0.2) is 18.2 Å². The summed E-state index contributed by atoms with van der Waals surface area (Å²) in [6, 6.07) is 4.90. The van der Waals surface area contributed by atoms with Crippen molar-refractivity contribution in [2.24, 2.45) is 11.7 Å². The Balaban J connectivity index is 2.16. The van der Waals surface area contributed by atoms with Crippen molar-refractivity contribution >= 4 is 11.6 Å². The Morgan fingerprint density at radius 2 is 2.05 bits per heavy atom. The molecule has 20 heavy (non-hydrogen) atoms. The van der Waals surface area contributed by atoms with Crippen molar-refractivity contribution in [2.75, 3.05) is 0 Å². The maximum Gasteiger partial charge on any atom is 0.145 e. The average molecular weight is 300 g/mol. The third kappa shape index (κ3) is 3.16. The van der Waals surface area contributed by atoms with Crippen LogP contribution < -0.4 is 5.73 Å². The van der Waals surface area contributed by atoms with Crippen LogP contribution >= 0.6 is 11.6 Å². The van der Waals surface area contributed by atoms with E-state index in [2.05, 4.69) is 27.7 Å². The smallest absolute Gasteiger partial charge is 0.145 e. The third-order valence-corrected chi connectivity index (χ3v) is 4.44. The van der Waals surface area contributed by atoms with Crippen LogP contribution in [0.3, 0.4) is 0 Å². The van der Waals surface area contributed by atoms with Gasteiger partial charge in [0.15, 0.2) is 0 Å². The highest BCUT2D eigenvalue weighted by Crippen LogP contribution is 2.43. The van der Waals surface area contributed by atoms with Crippen LogP contribution in [-0.2, 0) is 11.2 Å². The molecule has 2 N–H and O–H groups in total. The van der Waals surface area contributed by atoms with Crippen molar-refractivity contribution in [3.8, 4) is 0 Å². The van der Waals surface area contributed by atoms with Gasteiger partial charge in [-0.2, -0.15) is 0 Å². The van der Waals surface area contributed by atoms with Gasteiger partial charge in [-0.05, 0) is 52.2 Å². The number of ether oxygens (including phenoxy) is 1. The molecule has 4 heteroatoms. The summed E-state index contributed by atoms with van der Waals surface area (Å²) in [5.74, 6) is -0.170. The molecular weight excluding hydrogens is 277 g/mol. The quantitative estimate of drug-likeness (QED) is 0.917. The molecule has 2 nitrogen and oxygen atoms in total. The SMILES string of the molecule is CC1(C)CC(C(N)Cc2cccc(Cl)c2F)C(C)(C)O1. The van der Waals surface area contributed by atoms with Crippen LogP contribution in [0.1, 0.15) is 39.7 Å². The van der Waals surface area contributed by atoms with E-state index >= 15 is 0 Å². The zero-order chi connectivity index (χ0) is 15.1. The summed E-state index contributed by atoms with van der Waals surface area (Å²) in [6.45, 7) is 8.25. The molecule has 1 aliphatic rings. The van der Waals surface area contributed by atoms with Crippen LogP contribution in [0, 0.1) is 11.7 Å². The standard InChI is InChI=1S/C16H23ClFNO/c1-15(2)9-11(16(3,4)20-15)13(19)8-10-6-5-7-12(17)14(10)18/h5-7,11,13H,8-9,19H2,1-4H3. The Labute approximate surface area is 125 Å². The maximum atomic E-state index is 14.0. The molecule has 0 aromatic heterocycles. The molecule has 0 radical (unpaired) electrons. The van der Waals surface area contributed by atoms with Gasteiger partial charge in [-0.15, -0.1) is 0 Å². The maximum absolute atomic E-state index is 14.0. The first kappa shape index (κ1) is 15.7. The first-order valence-corrected chi connectivity index (χ1v) is 7.39. The molecule has 2 rings (SSSR count). The molecule has 1 aliphatic heterocycles. The number of nitrogens with two attached hydrogens (primary N) is 1. The van der Waals surface area contributed by atoms with Crippen molar-refractivity contribution in [1.29, 1.82) is 0 Å². The van der Waals surface area contributed by atoms with Crippen LogP contribution in [0.4, 0.5) is 4.39 Å². The van der Waals surface area contributed by atoms with E-state index in [1.54, 1.807) is 18.2 Å². The molecule has 1 aromatic rings. The lowest BCUT2D eigenvalue weighted by molar-refractivity contribution is -0.0765. The monoisotopic (exact) mass is 299 g/mol. The third-order valence-electron chi connectivity index (χ3n) is 4.15. The summed E-state index contributed by atoms with van der Waals surface area (Å²) >= 11 is 5.82. The number of hydrogen-bond acceptors (Lipinski definition) is 2. The number of halogens is 2. The normalized spacial score (nSPS) is 25.6. The lowest BCUT2D eigenvalue weighted by Crippen LogP contribution is -2.42. The highest BCUT2D eigenvalue weighted by Gasteiger charge is 2.48. The van der Waals surface area contributed by atoms with Gasteiger partial charge in [-0.3, -0.25) is 0 Å². The van der Waals surface area contributed by atoms with Gasteiger partial charge in [0.1, 0.15) is 5.82 Å². The summed E-state index contributed by atoms with van der Waals surface area (Å²) in [7, 11) is 0. The molecule has 1 heterocycles. The molecule has 0 spiro atoms. The average Bonchev–Trinajstić information content (AvgIpc) is 2.53. The summed E-state index contributed by atoms with van der Waals surface area (Å²) in [5.41, 5.74) is 6.44. The molecule has 112 valence electrons. The highest BCUT2D eigenvalue weighted by molar-refractivity contribution is 6.30. The zero-order valence-electron chi connectivity index (χ0n) is 12.5. The molecule has 0 aliphatic carbocycles. The predicted octanol–water partition coefficient (Wildman–Crippen LogP) is 3.94. The molecule has 0 saturated carbocycles. The van der Waals surface area contributed by atoms with Crippen molar-refractivity contribution in [3.05, 3.63) is 34.6 Å². The Kier molecular flexibility index (Phi) is 4.16. The predicted molar refractivity (Wildman–Crippen MR) is 80.4 cm³/mol. The Bertz CT molecular complexity index is 501. The number of rotatable bonds is 3. The minimum absolute atomic E-state index is 0.150. The van der Waals surface area contributed by atoms with E-state index in [1.165, 1.54) is 0 Å². The van der Waals surface area contributed by atoms with E-state index in [0.29, 0.717) is 12.0 Å². The minimum Gasteiger partial charge on any atom is -0.369 e. The Morgan fingerprint density at radius 3 is 2.60 bits per heavy atom. The van der Waals surface area contributed by atoms with Gasteiger partial charge in [-0.25, -0.2) is 4.39 Å². The van der Waals surface area contributed by atoms with Crippen molar-refractivity contribution in [3.63, 3.8) is 0 Å². The van der Waals surface area contributed by atoms with E-state index in [9.17, 15) is 4.39 Å². The van der Waals surface area contributed by atoms with Gasteiger partial charge in [0.05, 0.1) is 16.2 Å². The molecular formula is C16H23ClFNO. The van der Waals surface area contributed by atoms with E-state index in [1.807, 2.05) is 0 Å². The van der Waals surface area contributed by atoms with Gasteiger partial charge in [0.2, 0.25) is 0 Å². The van der Waals surface area contributed by atoms with Crippen LogP contribution in [0.2, 0.25) is 5.02 Å². The zero-order valence-corrected chi connectivity index (χ0v) is 13.3. The molecule has 1 saturated heterocycles. The number of hydrogen-bond donors (Lipinski definition) is 1. The van der Waals surface area contributed by atoms with E-state index in [-0.39, 0.29) is 34.0 Å². The molecule has 0 bridgehead atoms. The fraction of sp³-hybridized carbons (Fsp3) is 0.625. The second kappa shape index (κ2) is 5.28. The van der Waals surface area contributed by atoms with Gasteiger partial charge in [0, 0.05) is 12.0 Å². The van der Waals surface area contributed by atoms with Gasteiger partial charge in [-0.1, -0.05) is 23.7 Å². The van der Waals surface area contributed by atoms with Crippen LogP contribution in [0.25, 0.3) is 0 Å². The second-order valence-corrected chi connectivity index (χ2v) is 7.26. The van der Waals surface area contributed by atoms with Gasteiger partial charge >= 0.3 is 0 Å². The molecule has 2 atom stereocenters. The lowest BCUT2D eigenvalue weighted by Gasteiger charge is -2.31. The minimum atomic E-state index is -0.361. The van der Waals surface area contributed by atoms with Gasteiger partial charge < -0.3 is 10.5 Å². The molecule has 1 fully saturated rings. The summed E-state index contributed by atoms with van der Waals surface area (Å²) in [6.07, 6.45) is 1.35. The molecule has 2 unspecified atom stereocenters. The summed E-state index contributed by atoms with van der Waals surface area (Å²) < 4.78 is 20.0. The fourth-order valence-electron chi connectivity index (χ4n) is 3.37. The fourth-order valence-corrected chi connectivity index (χ4v) is 3.57. The van der Waals surface area contributed by atoms with E-state index < -0.39 is 0 Å².